The van der Waals surface area contributed by atoms with Crippen LogP contribution in [0.15, 0.2) is 47.4 Å². The van der Waals surface area contributed by atoms with Crippen LogP contribution in [0.5, 0.6) is 11.5 Å². The number of sulfonamides is 1. The van der Waals surface area contributed by atoms with Gasteiger partial charge in [0.15, 0.2) is 0 Å². The summed E-state index contributed by atoms with van der Waals surface area (Å²) in [6.45, 7) is 1.92. The Morgan fingerprint density at radius 1 is 0.857 bits per heavy atom. The zero-order valence-corrected chi connectivity index (χ0v) is 16.4. The minimum atomic E-state index is -3.60. The molecule has 2 aromatic carbocycles. The third-order valence-corrected chi connectivity index (χ3v) is 5.23. The van der Waals surface area contributed by atoms with Crippen LogP contribution in [0.2, 0.25) is 0 Å². The highest BCUT2D eigenvalue weighted by Gasteiger charge is 2.15. The third kappa shape index (κ3) is 5.21. The van der Waals surface area contributed by atoms with Gasteiger partial charge in [0.2, 0.25) is 10.0 Å². The van der Waals surface area contributed by atoms with Crippen molar-refractivity contribution < 1.29 is 27.5 Å². The van der Waals surface area contributed by atoms with E-state index in [1.807, 2.05) is 0 Å². The Morgan fingerprint density at radius 2 is 1.36 bits per heavy atom. The summed E-state index contributed by atoms with van der Waals surface area (Å²) in [7, 11) is -0.690. The monoisotopic (exact) mass is 407 g/mol. The van der Waals surface area contributed by atoms with Gasteiger partial charge in [-0.2, -0.15) is 0 Å². The average Bonchev–Trinajstić information content (AvgIpc) is 2.71. The topological polar surface area (TPSA) is 123 Å². The van der Waals surface area contributed by atoms with Crippen molar-refractivity contribution in [3.8, 4) is 11.5 Å². The van der Waals surface area contributed by atoms with Crippen molar-refractivity contribution >= 4 is 21.8 Å². The first kappa shape index (κ1) is 21.2. The molecule has 2 aromatic rings. The van der Waals surface area contributed by atoms with Crippen molar-refractivity contribution in [2.45, 2.75) is 11.8 Å². The number of carbonyl (C=O) groups excluding carboxylic acids is 2. The summed E-state index contributed by atoms with van der Waals surface area (Å²) in [5, 5.41) is 0. The summed E-state index contributed by atoms with van der Waals surface area (Å²) in [5.74, 6) is -0.325. The molecular formula is C18H21N3O6S. The van der Waals surface area contributed by atoms with Crippen LogP contribution in [0, 0.1) is 0 Å². The van der Waals surface area contributed by atoms with Gasteiger partial charge in [0.25, 0.3) is 11.8 Å². The lowest BCUT2D eigenvalue weighted by molar-refractivity contribution is 0.0846. The number of hydrazine groups is 1. The van der Waals surface area contributed by atoms with E-state index in [2.05, 4.69) is 15.6 Å². The molecule has 0 aliphatic rings. The number of hydrogen-bond donors (Lipinski definition) is 3. The average molecular weight is 407 g/mol. The quantitative estimate of drug-likeness (QED) is 0.590. The molecule has 150 valence electrons. The molecule has 0 saturated carbocycles. The minimum Gasteiger partial charge on any atom is -0.497 e. The van der Waals surface area contributed by atoms with Crippen LogP contribution in [-0.4, -0.2) is 41.0 Å². The first-order valence-electron chi connectivity index (χ1n) is 8.24. The summed E-state index contributed by atoms with van der Waals surface area (Å²) in [6.07, 6.45) is 0. The molecule has 0 spiro atoms. The zero-order chi connectivity index (χ0) is 20.7. The molecule has 28 heavy (non-hydrogen) atoms. The maximum Gasteiger partial charge on any atom is 0.269 e. The Kier molecular flexibility index (Phi) is 6.96. The van der Waals surface area contributed by atoms with Crippen LogP contribution in [-0.2, 0) is 10.0 Å². The van der Waals surface area contributed by atoms with E-state index in [0.29, 0.717) is 11.5 Å². The van der Waals surface area contributed by atoms with E-state index in [-0.39, 0.29) is 22.6 Å². The number of rotatable bonds is 7. The lowest BCUT2D eigenvalue weighted by atomic mass is 10.2. The molecule has 9 nitrogen and oxygen atoms in total. The molecule has 10 heteroatoms. The number of amides is 2. The van der Waals surface area contributed by atoms with Crippen LogP contribution >= 0.6 is 0 Å². The smallest absolute Gasteiger partial charge is 0.269 e. The zero-order valence-electron chi connectivity index (χ0n) is 15.6. The predicted octanol–water partition coefficient (Wildman–Crippen LogP) is 1.08. The van der Waals surface area contributed by atoms with Gasteiger partial charge in [0, 0.05) is 23.7 Å². The standard InChI is InChI=1S/C18H21N3O6S/c1-4-19-28(24,25)16-7-5-12(6-8-16)17(22)20-21-18(23)13-9-14(26-2)11-15(10-13)27-3/h5-11,19H,4H2,1-3H3,(H,20,22)(H,21,23). The van der Waals surface area contributed by atoms with Gasteiger partial charge in [-0.15, -0.1) is 0 Å². The van der Waals surface area contributed by atoms with Gasteiger partial charge in [0.05, 0.1) is 19.1 Å². The normalized spacial score (nSPS) is 10.8. The number of hydrogen-bond acceptors (Lipinski definition) is 6. The van der Waals surface area contributed by atoms with Crippen molar-refractivity contribution in [2.24, 2.45) is 0 Å². The number of ether oxygens (including phenoxy) is 2. The Hall–Kier alpha value is -3.11. The number of methoxy groups -OCH3 is 2. The Balaban J connectivity index is 2.05. The molecule has 0 heterocycles. The fourth-order valence-corrected chi connectivity index (χ4v) is 3.30. The van der Waals surface area contributed by atoms with E-state index in [4.69, 9.17) is 9.47 Å². The Morgan fingerprint density at radius 3 is 1.82 bits per heavy atom. The Labute approximate surface area is 163 Å². The lowest BCUT2D eigenvalue weighted by Gasteiger charge is -2.10. The second-order valence-electron chi connectivity index (χ2n) is 5.54. The second-order valence-corrected chi connectivity index (χ2v) is 7.30. The predicted molar refractivity (Wildman–Crippen MR) is 102 cm³/mol. The lowest BCUT2D eigenvalue weighted by Crippen LogP contribution is -2.41. The summed E-state index contributed by atoms with van der Waals surface area (Å²) in [4.78, 5) is 24.5. The van der Waals surface area contributed by atoms with E-state index < -0.39 is 21.8 Å². The summed E-state index contributed by atoms with van der Waals surface area (Å²) in [5.41, 5.74) is 4.96. The van der Waals surface area contributed by atoms with Crippen LogP contribution in [0.1, 0.15) is 27.6 Å². The van der Waals surface area contributed by atoms with Gasteiger partial charge < -0.3 is 9.47 Å². The van der Waals surface area contributed by atoms with Crippen LogP contribution < -0.4 is 25.0 Å². The van der Waals surface area contributed by atoms with Gasteiger partial charge in [0.1, 0.15) is 11.5 Å². The SMILES string of the molecule is CCNS(=O)(=O)c1ccc(C(=O)NNC(=O)c2cc(OC)cc(OC)c2)cc1. The Bertz CT molecular complexity index is 936. The van der Waals surface area contributed by atoms with Crippen molar-refractivity contribution in [3.63, 3.8) is 0 Å². The minimum absolute atomic E-state index is 0.0402. The number of nitrogens with one attached hydrogen (secondary N) is 3. The van der Waals surface area contributed by atoms with Crippen LogP contribution in [0.3, 0.4) is 0 Å². The van der Waals surface area contributed by atoms with E-state index >= 15 is 0 Å². The molecule has 0 unspecified atom stereocenters. The third-order valence-electron chi connectivity index (χ3n) is 3.66. The molecule has 0 fully saturated rings. The van der Waals surface area contributed by atoms with Gasteiger partial charge in [-0.25, -0.2) is 13.1 Å². The fraction of sp³-hybridized carbons (Fsp3) is 0.222. The molecule has 0 radical (unpaired) electrons. The van der Waals surface area contributed by atoms with Crippen molar-refractivity contribution in [2.75, 3.05) is 20.8 Å². The molecule has 0 saturated heterocycles. The van der Waals surface area contributed by atoms with Gasteiger partial charge >= 0.3 is 0 Å². The molecular weight excluding hydrogens is 386 g/mol. The highest BCUT2D eigenvalue weighted by Crippen LogP contribution is 2.22. The van der Waals surface area contributed by atoms with Gasteiger partial charge in [-0.05, 0) is 36.4 Å². The number of benzene rings is 2. The molecule has 2 amide bonds. The fourth-order valence-electron chi connectivity index (χ4n) is 2.26. The molecule has 0 aromatic heterocycles. The van der Waals surface area contributed by atoms with Gasteiger partial charge in [-0.3, -0.25) is 20.4 Å². The molecule has 0 aliphatic carbocycles. The molecule has 3 N–H and O–H groups in total. The molecule has 0 atom stereocenters. The van der Waals surface area contributed by atoms with Crippen molar-refractivity contribution in [1.29, 1.82) is 0 Å². The van der Waals surface area contributed by atoms with Crippen LogP contribution in [0.25, 0.3) is 0 Å². The first-order chi connectivity index (χ1) is 13.3. The van der Waals surface area contributed by atoms with E-state index in [1.54, 1.807) is 13.0 Å². The second kappa shape index (κ2) is 9.20. The summed E-state index contributed by atoms with van der Waals surface area (Å²) >= 11 is 0. The van der Waals surface area contributed by atoms with Crippen LogP contribution in [0.4, 0.5) is 0 Å². The highest BCUT2D eigenvalue weighted by molar-refractivity contribution is 7.89. The van der Waals surface area contributed by atoms with Crippen molar-refractivity contribution in [3.05, 3.63) is 53.6 Å². The summed E-state index contributed by atoms with van der Waals surface area (Å²) < 4.78 is 36.4. The molecule has 0 aliphatic heterocycles. The molecule has 2 rings (SSSR count). The van der Waals surface area contributed by atoms with E-state index in [9.17, 15) is 18.0 Å². The van der Waals surface area contributed by atoms with E-state index in [1.165, 1.54) is 50.6 Å². The number of carbonyl (C=O) groups is 2. The molecule has 0 bridgehead atoms. The largest absolute Gasteiger partial charge is 0.497 e. The maximum atomic E-state index is 12.2. The maximum absolute atomic E-state index is 12.2. The van der Waals surface area contributed by atoms with E-state index in [0.717, 1.165) is 0 Å². The first-order valence-corrected chi connectivity index (χ1v) is 9.72. The summed E-state index contributed by atoms with van der Waals surface area (Å²) in [6, 6.07) is 9.90. The van der Waals surface area contributed by atoms with Crippen molar-refractivity contribution in [1.82, 2.24) is 15.6 Å². The highest BCUT2D eigenvalue weighted by atomic mass is 32.2. The van der Waals surface area contributed by atoms with Gasteiger partial charge in [-0.1, -0.05) is 6.92 Å².